The van der Waals surface area contributed by atoms with Gasteiger partial charge in [0.1, 0.15) is 0 Å². The molecule has 0 saturated carbocycles. The van der Waals surface area contributed by atoms with Crippen molar-refractivity contribution in [3.05, 3.63) is 53.7 Å². The molecule has 188 valence electrons. The lowest BCUT2D eigenvalue weighted by Gasteiger charge is -2.39. The second kappa shape index (κ2) is 11.4. The summed E-state index contributed by atoms with van der Waals surface area (Å²) in [4.78, 5) is 16.9. The minimum Gasteiger partial charge on any atom is -0.493 e. The molecule has 3 aromatic rings. The van der Waals surface area contributed by atoms with E-state index in [0.717, 1.165) is 37.3 Å². The van der Waals surface area contributed by atoms with Gasteiger partial charge in [0.25, 0.3) is 5.91 Å². The fraction of sp³-hybridized carbons (Fsp3) is 0.520. The van der Waals surface area contributed by atoms with E-state index in [1.54, 1.807) is 26.4 Å². The molecule has 1 amide bonds. The summed E-state index contributed by atoms with van der Waals surface area (Å²) in [5, 5.41) is 12.7. The largest absolute Gasteiger partial charge is 0.493 e. The fourth-order valence-electron chi connectivity index (χ4n) is 4.54. The van der Waals surface area contributed by atoms with Crippen molar-refractivity contribution in [3.8, 4) is 11.5 Å². The summed E-state index contributed by atoms with van der Waals surface area (Å²) < 4.78 is 18.0. The second-order valence-corrected chi connectivity index (χ2v) is 9.15. The molecule has 0 N–H and O–H groups in total. The van der Waals surface area contributed by atoms with Gasteiger partial charge in [-0.05, 0) is 59.0 Å². The van der Waals surface area contributed by atoms with Crippen molar-refractivity contribution in [2.45, 2.75) is 39.3 Å². The topological polar surface area (TPSA) is 98.8 Å². The highest BCUT2D eigenvalue weighted by atomic mass is 16.5. The Morgan fingerprint density at radius 3 is 2.51 bits per heavy atom. The third-order valence-corrected chi connectivity index (χ3v) is 6.39. The summed E-state index contributed by atoms with van der Waals surface area (Å²) >= 11 is 0. The zero-order valence-corrected chi connectivity index (χ0v) is 20.9. The summed E-state index contributed by atoms with van der Waals surface area (Å²) in [7, 11) is 3.27. The summed E-state index contributed by atoms with van der Waals surface area (Å²) in [5.41, 5.74) is 1.12. The van der Waals surface area contributed by atoms with Crippen LogP contribution < -0.4 is 9.47 Å². The molecule has 0 radical (unpaired) electrons. The molecular formula is C25H34N6O4. The number of aromatic nitrogens is 4. The Bertz CT molecular complexity index is 1090. The molecule has 1 saturated heterocycles. The van der Waals surface area contributed by atoms with Crippen LogP contribution in [-0.4, -0.2) is 76.3 Å². The van der Waals surface area contributed by atoms with E-state index in [0.29, 0.717) is 42.8 Å². The summed E-state index contributed by atoms with van der Waals surface area (Å²) in [6, 6.07) is 9.47. The minimum atomic E-state index is -0.0604. The minimum absolute atomic E-state index is 0.0604. The monoisotopic (exact) mass is 482 g/mol. The zero-order chi connectivity index (χ0) is 24.8. The highest BCUT2D eigenvalue weighted by molar-refractivity contribution is 5.91. The van der Waals surface area contributed by atoms with Crippen molar-refractivity contribution in [3.63, 3.8) is 0 Å². The SMILES string of the molecule is COc1ccc(CCn2nnnc2[C@@H](CC(C)C)N2CCN(C(=O)c3ccco3)CC2)cc1OC. The number of piperazine rings is 1. The number of rotatable bonds is 10. The number of carbonyl (C=O) groups excluding carboxylic acids is 1. The number of tetrazole rings is 1. The average molecular weight is 483 g/mol. The molecule has 35 heavy (non-hydrogen) atoms. The number of amides is 1. The summed E-state index contributed by atoms with van der Waals surface area (Å²) in [6.07, 6.45) is 3.23. The second-order valence-electron chi connectivity index (χ2n) is 9.15. The maximum absolute atomic E-state index is 12.7. The smallest absolute Gasteiger partial charge is 0.289 e. The van der Waals surface area contributed by atoms with Gasteiger partial charge in [0.15, 0.2) is 23.1 Å². The van der Waals surface area contributed by atoms with Gasteiger partial charge in [-0.1, -0.05) is 19.9 Å². The molecule has 1 aliphatic rings. The first-order valence-electron chi connectivity index (χ1n) is 12.0. The Labute approximate surface area is 205 Å². The first-order chi connectivity index (χ1) is 17.0. The molecule has 0 aliphatic carbocycles. The van der Waals surface area contributed by atoms with E-state index in [-0.39, 0.29) is 11.9 Å². The molecule has 2 aromatic heterocycles. The quantitative estimate of drug-likeness (QED) is 0.435. The number of aryl methyl sites for hydroxylation is 2. The van der Waals surface area contributed by atoms with E-state index in [1.165, 1.54) is 6.26 Å². The van der Waals surface area contributed by atoms with Crippen molar-refractivity contribution in [1.29, 1.82) is 0 Å². The van der Waals surface area contributed by atoms with Gasteiger partial charge in [-0.2, -0.15) is 0 Å². The molecule has 10 nitrogen and oxygen atoms in total. The van der Waals surface area contributed by atoms with Gasteiger partial charge in [0, 0.05) is 32.7 Å². The van der Waals surface area contributed by atoms with Gasteiger partial charge in [0.05, 0.1) is 26.5 Å². The maximum atomic E-state index is 12.7. The third kappa shape index (κ3) is 5.82. The number of benzene rings is 1. The lowest BCUT2D eigenvalue weighted by atomic mass is 10.0. The fourth-order valence-corrected chi connectivity index (χ4v) is 4.54. The Morgan fingerprint density at radius 2 is 1.86 bits per heavy atom. The van der Waals surface area contributed by atoms with Crippen LogP contribution in [-0.2, 0) is 13.0 Å². The Hall–Kier alpha value is -3.40. The molecule has 1 atom stereocenters. The first kappa shape index (κ1) is 24.7. The molecule has 4 rings (SSSR count). The normalized spacial score (nSPS) is 15.4. The lowest BCUT2D eigenvalue weighted by molar-refractivity contribution is 0.0500. The van der Waals surface area contributed by atoms with E-state index in [1.807, 2.05) is 27.8 Å². The van der Waals surface area contributed by atoms with E-state index in [9.17, 15) is 4.79 Å². The Kier molecular flexibility index (Phi) is 8.02. The molecule has 0 unspecified atom stereocenters. The molecule has 1 aromatic carbocycles. The maximum Gasteiger partial charge on any atom is 0.289 e. The molecule has 3 heterocycles. The van der Waals surface area contributed by atoms with Gasteiger partial charge < -0.3 is 18.8 Å². The van der Waals surface area contributed by atoms with Crippen LogP contribution in [0.15, 0.2) is 41.0 Å². The highest BCUT2D eigenvalue weighted by Crippen LogP contribution is 2.29. The summed E-state index contributed by atoms with van der Waals surface area (Å²) in [5.74, 6) is 3.08. The third-order valence-electron chi connectivity index (χ3n) is 6.39. The van der Waals surface area contributed by atoms with Gasteiger partial charge in [0.2, 0.25) is 0 Å². The predicted octanol–water partition coefficient (Wildman–Crippen LogP) is 3.07. The number of furan rings is 1. The van der Waals surface area contributed by atoms with E-state index >= 15 is 0 Å². The van der Waals surface area contributed by atoms with Crippen molar-refractivity contribution in [1.82, 2.24) is 30.0 Å². The molecule has 1 aliphatic heterocycles. The van der Waals surface area contributed by atoms with Crippen LogP contribution >= 0.6 is 0 Å². The molecule has 1 fully saturated rings. The summed E-state index contributed by atoms with van der Waals surface area (Å²) in [6.45, 7) is 7.87. The van der Waals surface area contributed by atoms with Crippen LogP contribution in [0.2, 0.25) is 0 Å². The number of hydrogen-bond donors (Lipinski definition) is 0. The average Bonchev–Trinajstić information content (AvgIpc) is 3.58. The van der Waals surface area contributed by atoms with Crippen LogP contribution in [0.3, 0.4) is 0 Å². The number of hydrogen-bond acceptors (Lipinski definition) is 8. The first-order valence-corrected chi connectivity index (χ1v) is 12.0. The van der Waals surface area contributed by atoms with Gasteiger partial charge in [-0.15, -0.1) is 5.10 Å². The molecule has 10 heteroatoms. The number of ether oxygens (including phenoxy) is 2. The van der Waals surface area contributed by atoms with Crippen molar-refractivity contribution in [2.75, 3.05) is 40.4 Å². The van der Waals surface area contributed by atoms with Crippen LogP contribution in [0.5, 0.6) is 11.5 Å². The Balaban J connectivity index is 1.44. The van der Waals surface area contributed by atoms with Gasteiger partial charge >= 0.3 is 0 Å². The molecule has 0 bridgehead atoms. The number of methoxy groups -OCH3 is 2. The van der Waals surface area contributed by atoms with E-state index in [2.05, 4.69) is 34.3 Å². The zero-order valence-electron chi connectivity index (χ0n) is 20.9. The van der Waals surface area contributed by atoms with E-state index in [4.69, 9.17) is 13.9 Å². The molecular weight excluding hydrogens is 448 g/mol. The van der Waals surface area contributed by atoms with Gasteiger partial charge in [-0.3, -0.25) is 9.69 Å². The number of nitrogens with zero attached hydrogens (tertiary/aromatic N) is 6. The van der Waals surface area contributed by atoms with Crippen molar-refractivity contribution >= 4 is 5.91 Å². The number of carbonyl (C=O) groups is 1. The lowest BCUT2D eigenvalue weighted by Crippen LogP contribution is -2.50. The highest BCUT2D eigenvalue weighted by Gasteiger charge is 2.31. The standard InChI is InChI=1S/C25H34N6O4/c1-18(2)16-20(29-11-13-30(14-12-29)25(32)22-6-5-15-35-22)24-26-27-28-31(24)10-9-19-7-8-21(33-3)23(17-19)34-4/h5-8,15,17-18,20H,9-14,16H2,1-4H3/t20-/m1/s1. The van der Waals surface area contributed by atoms with Crippen molar-refractivity contribution in [2.24, 2.45) is 5.92 Å². The van der Waals surface area contributed by atoms with Crippen molar-refractivity contribution < 1.29 is 18.7 Å². The van der Waals surface area contributed by atoms with Crippen LogP contribution in [0.25, 0.3) is 0 Å². The van der Waals surface area contributed by atoms with Gasteiger partial charge in [-0.25, -0.2) is 4.68 Å². The van der Waals surface area contributed by atoms with Crippen LogP contribution in [0.1, 0.15) is 48.3 Å². The van der Waals surface area contributed by atoms with Crippen LogP contribution in [0, 0.1) is 5.92 Å². The molecule has 0 spiro atoms. The van der Waals surface area contributed by atoms with Crippen LogP contribution in [0.4, 0.5) is 0 Å². The Morgan fingerprint density at radius 1 is 1.09 bits per heavy atom. The predicted molar refractivity (Wildman–Crippen MR) is 129 cm³/mol. The van der Waals surface area contributed by atoms with E-state index < -0.39 is 0 Å².